The fourth-order valence-electron chi connectivity index (χ4n) is 3.02. The van der Waals surface area contributed by atoms with Crippen LogP contribution in [0, 0.1) is 5.92 Å². The smallest absolute Gasteiger partial charge is 0.320 e. The van der Waals surface area contributed by atoms with E-state index in [1.165, 1.54) is 37.7 Å². The van der Waals surface area contributed by atoms with Crippen molar-refractivity contribution in [1.29, 1.82) is 0 Å². The third kappa shape index (κ3) is 8.68. The molecule has 1 aromatic carbocycles. The molecule has 0 heterocycles. The number of Topliss-reactive ketones (excluding diaryl/α,β-unsaturated/α-hetero) is 1. The molecule has 5 nitrogen and oxygen atoms in total. The summed E-state index contributed by atoms with van der Waals surface area (Å²) in [5.41, 5.74) is 1.68. The van der Waals surface area contributed by atoms with Gasteiger partial charge >= 0.3 is 11.9 Å². The summed E-state index contributed by atoms with van der Waals surface area (Å²) in [7, 11) is 0. The molecule has 28 heavy (non-hydrogen) atoms. The van der Waals surface area contributed by atoms with E-state index in [0.717, 1.165) is 12.8 Å². The molecule has 0 saturated heterocycles. The number of esters is 2. The number of carbonyl (C=O) groups excluding carboxylic acids is 3. The van der Waals surface area contributed by atoms with Crippen LogP contribution in [0.25, 0.3) is 0 Å². The molecule has 0 unspecified atom stereocenters. The largest absolute Gasteiger partial charge is 0.465 e. The van der Waals surface area contributed by atoms with Crippen molar-refractivity contribution in [3.05, 3.63) is 35.4 Å². The molecule has 0 aliphatic rings. The highest BCUT2D eigenvalue weighted by Gasteiger charge is 2.32. The zero-order chi connectivity index (χ0) is 20.8. The molecule has 0 spiro atoms. The van der Waals surface area contributed by atoms with Gasteiger partial charge in [-0.15, -0.1) is 0 Å². The van der Waals surface area contributed by atoms with Gasteiger partial charge in [0.2, 0.25) is 0 Å². The Morgan fingerprint density at radius 2 is 1.32 bits per heavy atom. The molecular weight excluding hydrogens is 356 g/mol. The van der Waals surface area contributed by atoms with E-state index in [0.29, 0.717) is 5.56 Å². The second-order valence-corrected chi connectivity index (χ2v) is 6.90. The van der Waals surface area contributed by atoms with Crippen LogP contribution in [-0.4, -0.2) is 30.9 Å². The molecule has 0 bridgehead atoms. The average molecular weight is 391 g/mol. The molecule has 156 valence electrons. The van der Waals surface area contributed by atoms with Crippen LogP contribution >= 0.6 is 0 Å². The zero-order valence-electron chi connectivity index (χ0n) is 17.5. The Bertz CT molecular complexity index is 588. The zero-order valence-corrected chi connectivity index (χ0v) is 17.5. The molecule has 0 atom stereocenters. The first-order chi connectivity index (χ1) is 13.5. The van der Waals surface area contributed by atoms with Crippen LogP contribution in [0.15, 0.2) is 24.3 Å². The molecule has 0 aliphatic carbocycles. The van der Waals surface area contributed by atoms with Gasteiger partial charge in [0.25, 0.3) is 0 Å². The van der Waals surface area contributed by atoms with E-state index >= 15 is 0 Å². The number of hydrogen-bond acceptors (Lipinski definition) is 5. The van der Waals surface area contributed by atoms with Crippen LogP contribution in [0.2, 0.25) is 0 Å². The minimum atomic E-state index is -1.21. The molecule has 0 aliphatic heterocycles. The second-order valence-electron chi connectivity index (χ2n) is 6.90. The van der Waals surface area contributed by atoms with Crippen LogP contribution in [0.5, 0.6) is 0 Å². The van der Waals surface area contributed by atoms with E-state index in [1.54, 1.807) is 26.0 Å². The summed E-state index contributed by atoms with van der Waals surface area (Å²) in [5.74, 6) is -2.91. The van der Waals surface area contributed by atoms with Crippen molar-refractivity contribution in [3.8, 4) is 0 Å². The van der Waals surface area contributed by atoms with E-state index in [1.807, 2.05) is 12.1 Å². The minimum Gasteiger partial charge on any atom is -0.465 e. The van der Waals surface area contributed by atoms with Crippen molar-refractivity contribution in [2.24, 2.45) is 5.92 Å². The highest BCUT2D eigenvalue weighted by atomic mass is 16.6. The number of carbonyl (C=O) groups is 3. The van der Waals surface area contributed by atoms with E-state index in [9.17, 15) is 14.4 Å². The highest BCUT2D eigenvalue weighted by molar-refractivity contribution is 6.04. The van der Waals surface area contributed by atoms with Crippen molar-refractivity contribution >= 4 is 17.7 Å². The fourth-order valence-corrected chi connectivity index (χ4v) is 3.02. The topological polar surface area (TPSA) is 69.7 Å². The number of unbranched alkanes of at least 4 members (excludes halogenated alkanes) is 5. The van der Waals surface area contributed by atoms with Gasteiger partial charge in [-0.05, 0) is 32.3 Å². The van der Waals surface area contributed by atoms with Crippen molar-refractivity contribution in [1.82, 2.24) is 0 Å². The number of ketones is 1. The molecule has 0 fully saturated rings. The van der Waals surface area contributed by atoms with Gasteiger partial charge in [-0.2, -0.15) is 0 Å². The average Bonchev–Trinajstić information content (AvgIpc) is 2.69. The molecule has 5 heteroatoms. The molecule has 0 amide bonds. The van der Waals surface area contributed by atoms with E-state index in [4.69, 9.17) is 9.47 Å². The number of hydrogen-bond donors (Lipinski definition) is 0. The van der Waals surface area contributed by atoms with Crippen LogP contribution in [0.4, 0.5) is 0 Å². The van der Waals surface area contributed by atoms with E-state index in [-0.39, 0.29) is 25.4 Å². The molecular formula is C23H34O5. The van der Waals surface area contributed by atoms with Gasteiger partial charge in [-0.1, -0.05) is 63.3 Å². The summed E-state index contributed by atoms with van der Waals surface area (Å²) < 4.78 is 9.83. The lowest BCUT2D eigenvalue weighted by molar-refractivity contribution is -0.161. The summed E-state index contributed by atoms with van der Waals surface area (Å²) in [5, 5.41) is 0. The maximum atomic E-state index is 12.5. The first-order valence-corrected chi connectivity index (χ1v) is 10.5. The lowest BCUT2D eigenvalue weighted by atomic mass is 9.96. The normalized spacial score (nSPS) is 10.7. The lowest BCUT2D eigenvalue weighted by Gasteiger charge is -2.13. The van der Waals surface area contributed by atoms with Crippen molar-refractivity contribution < 1.29 is 23.9 Å². The number of rotatable bonds is 14. The highest BCUT2D eigenvalue weighted by Crippen LogP contribution is 2.16. The van der Waals surface area contributed by atoms with Gasteiger partial charge in [0, 0.05) is 12.0 Å². The summed E-state index contributed by atoms with van der Waals surface area (Å²) in [6.45, 7) is 5.83. The summed E-state index contributed by atoms with van der Waals surface area (Å²) in [6.07, 6.45) is 8.24. The van der Waals surface area contributed by atoms with E-state index < -0.39 is 17.9 Å². The first-order valence-electron chi connectivity index (χ1n) is 10.5. The molecule has 1 rings (SSSR count). The monoisotopic (exact) mass is 390 g/mol. The van der Waals surface area contributed by atoms with Crippen molar-refractivity contribution in [2.75, 3.05) is 13.2 Å². The van der Waals surface area contributed by atoms with Gasteiger partial charge < -0.3 is 9.47 Å². The first kappa shape index (κ1) is 23.9. The molecule has 0 N–H and O–H groups in total. The lowest BCUT2D eigenvalue weighted by Crippen LogP contribution is -2.30. The van der Waals surface area contributed by atoms with E-state index in [2.05, 4.69) is 6.92 Å². The van der Waals surface area contributed by atoms with Gasteiger partial charge in [-0.3, -0.25) is 14.4 Å². The number of benzene rings is 1. The summed E-state index contributed by atoms with van der Waals surface area (Å²) >= 11 is 0. The predicted octanol–water partition coefficient (Wildman–Crippen LogP) is 4.90. The second kappa shape index (κ2) is 13.9. The van der Waals surface area contributed by atoms with Gasteiger partial charge in [0.15, 0.2) is 11.7 Å². The quantitative estimate of drug-likeness (QED) is 0.195. The van der Waals surface area contributed by atoms with Gasteiger partial charge in [0.1, 0.15) is 0 Å². The maximum absolute atomic E-state index is 12.5. The van der Waals surface area contributed by atoms with Crippen LogP contribution in [0.3, 0.4) is 0 Å². The Hall–Kier alpha value is -2.17. The Labute approximate surface area is 168 Å². The molecule has 0 aromatic heterocycles. The van der Waals surface area contributed by atoms with Crippen molar-refractivity contribution in [3.63, 3.8) is 0 Å². The molecule has 1 aromatic rings. The number of ether oxygens (including phenoxy) is 2. The van der Waals surface area contributed by atoms with Crippen LogP contribution in [-0.2, 0) is 25.5 Å². The standard InChI is InChI=1S/C23H34O5/c1-4-7-8-9-10-11-12-18-13-15-19(16-14-18)21(24)17-20(22(25)27-5-2)23(26)28-6-3/h13-16,20H,4-12,17H2,1-3H3. The Morgan fingerprint density at radius 3 is 1.86 bits per heavy atom. The third-order valence-electron chi connectivity index (χ3n) is 4.63. The molecule has 0 saturated carbocycles. The summed E-state index contributed by atoms with van der Waals surface area (Å²) in [6, 6.07) is 7.43. The van der Waals surface area contributed by atoms with Gasteiger partial charge in [-0.25, -0.2) is 0 Å². The predicted molar refractivity (Wildman–Crippen MR) is 109 cm³/mol. The van der Waals surface area contributed by atoms with Gasteiger partial charge in [0.05, 0.1) is 13.2 Å². The Kier molecular flexibility index (Phi) is 11.9. The summed E-state index contributed by atoms with van der Waals surface area (Å²) in [4.78, 5) is 36.6. The Morgan fingerprint density at radius 1 is 0.786 bits per heavy atom. The van der Waals surface area contributed by atoms with Crippen LogP contribution in [0.1, 0.15) is 81.6 Å². The maximum Gasteiger partial charge on any atom is 0.320 e. The Balaban J connectivity index is 2.59. The SMILES string of the molecule is CCCCCCCCc1ccc(C(=O)CC(C(=O)OCC)C(=O)OCC)cc1. The minimum absolute atomic E-state index is 0.149. The molecule has 0 radical (unpaired) electrons. The van der Waals surface area contributed by atoms with Crippen LogP contribution < -0.4 is 0 Å². The fraction of sp³-hybridized carbons (Fsp3) is 0.609. The third-order valence-corrected chi connectivity index (χ3v) is 4.63. The van der Waals surface area contributed by atoms with Crippen molar-refractivity contribution in [2.45, 2.75) is 72.1 Å². The number of aryl methyl sites for hydroxylation is 1.